The van der Waals surface area contributed by atoms with Crippen LogP contribution in [0.1, 0.15) is 26.3 Å². The Morgan fingerprint density at radius 2 is 1.50 bits per heavy atom. The second-order valence-electron chi connectivity index (χ2n) is 5.20. The molecule has 3 aromatic rings. The van der Waals surface area contributed by atoms with Gasteiger partial charge in [-0.1, -0.05) is 18.2 Å². The molecule has 0 bridgehead atoms. The fourth-order valence-electron chi connectivity index (χ4n) is 2.73. The number of carboxylic acid groups (broad SMARTS) is 2. The number of carbonyl (C=O) groups is 2. The van der Waals surface area contributed by atoms with Crippen molar-refractivity contribution in [2.45, 2.75) is 6.18 Å². The van der Waals surface area contributed by atoms with Gasteiger partial charge in [-0.15, -0.1) is 0 Å². The SMILES string of the molecule is O=C(O)c1cccc2c1c(C(=O)O)cc1ccc(C(F)(F)F)cc12. The summed E-state index contributed by atoms with van der Waals surface area (Å²) in [5.74, 6) is -2.70. The second kappa shape index (κ2) is 5.23. The molecule has 3 aromatic carbocycles. The lowest BCUT2D eigenvalue weighted by atomic mass is 9.93. The van der Waals surface area contributed by atoms with E-state index in [0.717, 1.165) is 12.1 Å². The van der Waals surface area contributed by atoms with Gasteiger partial charge in [0.05, 0.1) is 16.7 Å². The van der Waals surface area contributed by atoms with E-state index in [0.29, 0.717) is 0 Å². The Balaban J connectivity index is 2.53. The highest BCUT2D eigenvalue weighted by atomic mass is 19.4. The average Bonchev–Trinajstić information content (AvgIpc) is 2.51. The van der Waals surface area contributed by atoms with Gasteiger partial charge in [0.1, 0.15) is 0 Å². The van der Waals surface area contributed by atoms with E-state index in [9.17, 15) is 33.0 Å². The number of carboxylic acids is 2. The van der Waals surface area contributed by atoms with Crippen LogP contribution in [0.25, 0.3) is 21.5 Å². The normalized spacial score (nSPS) is 11.8. The summed E-state index contributed by atoms with van der Waals surface area (Å²) in [7, 11) is 0. The molecular formula is C17H9F3O4. The van der Waals surface area contributed by atoms with Gasteiger partial charge in [0, 0.05) is 5.39 Å². The van der Waals surface area contributed by atoms with Crippen LogP contribution >= 0.6 is 0 Å². The van der Waals surface area contributed by atoms with E-state index in [4.69, 9.17) is 0 Å². The zero-order valence-corrected chi connectivity index (χ0v) is 11.9. The van der Waals surface area contributed by atoms with Crippen molar-refractivity contribution >= 4 is 33.5 Å². The maximum atomic E-state index is 12.9. The Hall–Kier alpha value is -3.09. The Bertz CT molecular complexity index is 1010. The minimum Gasteiger partial charge on any atom is -0.478 e. The Kier molecular flexibility index (Phi) is 3.44. The quantitative estimate of drug-likeness (QED) is 0.681. The van der Waals surface area contributed by atoms with Crippen molar-refractivity contribution in [2.75, 3.05) is 0 Å². The number of halogens is 3. The Morgan fingerprint density at radius 1 is 0.833 bits per heavy atom. The molecule has 4 nitrogen and oxygen atoms in total. The second-order valence-corrected chi connectivity index (χ2v) is 5.20. The number of hydrogen-bond donors (Lipinski definition) is 2. The summed E-state index contributed by atoms with van der Waals surface area (Å²) in [6.07, 6.45) is -4.56. The van der Waals surface area contributed by atoms with Crippen LogP contribution in [0.2, 0.25) is 0 Å². The summed E-state index contributed by atoms with van der Waals surface area (Å²) in [6.45, 7) is 0. The third-order valence-corrected chi connectivity index (χ3v) is 3.77. The topological polar surface area (TPSA) is 74.6 Å². The highest BCUT2D eigenvalue weighted by Crippen LogP contribution is 2.36. The first kappa shape index (κ1) is 15.8. The molecule has 0 unspecified atom stereocenters. The lowest BCUT2D eigenvalue weighted by molar-refractivity contribution is -0.137. The molecule has 122 valence electrons. The van der Waals surface area contributed by atoms with E-state index < -0.39 is 23.7 Å². The highest BCUT2D eigenvalue weighted by molar-refractivity contribution is 6.20. The number of benzene rings is 3. The molecule has 2 N–H and O–H groups in total. The van der Waals surface area contributed by atoms with E-state index in [1.54, 1.807) is 0 Å². The fraction of sp³-hybridized carbons (Fsp3) is 0.0588. The molecule has 0 fully saturated rings. The first-order valence-corrected chi connectivity index (χ1v) is 6.73. The maximum Gasteiger partial charge on any atom is 0.416 e. The number of aromatic carboxylic acids is 2. The molecule has 0 aliphatic heterocycles. The average molecular weight is 334 g/mol. The van der Waals surface area contributed by atoms with Gasteiger partial charge in [-0.3, -0.25) is 0 Å². The number of fused-ring (bicyclic) bond motifs is 3. The summed E-state index contributed by atoms with van der Waals surface area (Å²) in [5, 5.41) is 19.1. The van der Waals surface area contributed by atoms with Crippen LogP contribution < -0.4 is 0 Å². The van der Waals surface area contributed by atoms with Crippen molar-refractivity contribution < 1.29 is 33.0 Å². The minimum absolute atomic E-state index is 0.0932. The molecule has 7 heteroatoms. The molecule has 0 atom stereocenters. The smallest absolute Gasteiger partial charge is 0.416 e. The predicted molar refractivity (Wildman–Crippen MR) is 80.4 cm³/mol. The van der Waals surface area contributed by atoms with Crippen molar-refractivity contribution in [1.82, 2.24) is 0 Å². The van der Waals surface area contributed by atoms with E-state index in [2.05, 4.69) is 0 Å². The molecule has 0 aliphatic carbocycles. The molecule has 24 heavy (non-hydrogen) atoms. The van der Waals surface area contributed by atoms with E-state index in [1.807, 2.05) is 0 Å². The van der Waals surface area contributed by atoms with Crippen molar-refractivity contribution in [2.24, 2.45) is 0 Å². The van der Waals surface area contributed by atoms with E-state index in [1.165, 1.54) is 30.3 Å². The van der Waals surface area contributed by atoms with Gasteiger partial charge in [0.15, 0.2) is 0 Å². The van der Waals surface area contributed by atoms with Gasteiger partial charge < -0.3 is 10.2 Å². The fourth-order valence-corrected chi connectivity index (χ4v) is 2.73. The molecule has 0 heterocycles. The summed E-state index contributed by atoms with van der Waals surface area (Å²) >= 11 is 0. The van der Waals surface area contributed by atoms with Crippen LogP contribution in [0.3, 0.4) is 0 Å². The molecular weight excluding hydrogens is 325 g/mol. The van der Waals surface area contributed by atoms with Crippen LogP contribution in [0, 0.1) is 0 Å². The number of hydrogen-bond acceptors (Lipinski definition) is 2. The molecule has 0 radical (unpaired) electrons. The lowest BCUT2D eigenvalue weighted by Crippen LogP contribution is -2.06. The van der Waals surface area contributed by atoms with Crippen molar-refractivity contribution in [1.29, 1.82) is 0 Å². The summed E-state index contributed by atoms with van der Waals surface area (Å²) in [6, 6.07) is 8.13. The van der Waals surface area contributed by atoms with Gasteiger partial charge in [-0.25, -0.2) is 9.59 Å². The number of alkyl halides is 3. The Labute approximate surface area is 132 Å². The molecule has 3 rings (SSSR count). The van der Waals surface area contributed by atoms with Gasteiger partial charge in [-0.05, 0) is 40.4 Å². The van der Waals surface area contributed by atoms with E-state index in [-0.39, 0.29) is 32.7 Å². The van der Waals surface area contributed by atoms with Crippen LogP contribution in [-0.4, -0.2) is 22.2 Å². The maximum absolute atomic E-state index is 12.9. The molecule has 0 saturated carbocycles. The predicted octanol–water partition coefficient (Wildman–Crippen LogP) is 4.41. The Morgan fingerprint density at radius 3 is 2.08 bits per heavy atom. The van der Waals surface area contributed by atoms with Crippen LogP contribution in [0.5, 0.6) is 0 Å². The van der Waals surface area contributed by atoms with Crippen LogP contribution in [0.4, 0.5) is 13.2 Å². The molecule has 0 saturated heterocycles. The van der Waals surface area contributed by atoms with Crippen molar-refractivity contribution in [3.05, 3.63) is 59.2 Å². The summed E-state index contributed by atoms with van der Waals surface area (Å²) in [4.78, 5) is 22.9. The van der Waals surface area contributed by atoms with Crippen molar-refractivity contribution in [3.63, 3.8) is 0 Å². The third-order valence-electron chi connectivity index (χ3n) is 3.77. The largest absolute Gasteiger partial charge is 0.478 e. The third kappa shape index (κ3) is 2.44. The van der Waals surface area contributed by atoms with Crippen molar-refractivity contribution in [3.8, 4) is 0 Å². The van der Waals surface area contributed by atoms with Crippen LogP contribution in [-0.2, 0) is 6.18 Å². The summed E-state index contributed by atoms with van der Waals surface area (Å²) < 4.78 is 38.8. The van der Waals surface area contributed by atoms with Gasteiger partial charge in [0.2, 0.25) is 0 Å². The first-order valence-electron chi connectivity index (χ1n) is 6.73. The molecule has 0 spiro atoms. The monoisotopic (exact) mass is 334 g/mol. The lowest BCUT2D eigenvalue weighted by Gasteiger charge is -2.13. The molecule has 0 amide bonds. The minimum atomic E-state index is -4.56. The first-order chi connectivity index (χ1) is 11.2. The molecule has 0 aromatic heterocycles. The molecule has 0 aliphatic rings. The van der Waals surface area contributed by atoms with E-state index >= 15 is 0 Å². The standard InChI is InChI=1S/C17H9F3O4/c18-17(19,20)9-5-4-8-6-13(16(23)24)14-10(12(8)7-9)2-1-3-11(14)15(21)22/h1-7H,(H,21,22)(H,23,24). The van der Waals surface area contributed by atoms with Gasteiger partial charge in [-0.2, -0.15) is 13.2 Å². The summed E-state index contributed by atoms with van der Waals surface area (Å²) in [5.41, 5.74) is -1.43. The zero-order chi connectivity index (χ0) is 17.6. The number of rotatable bonds is 2. The highest BCUT2D eigenvalue weighted by Gasteiger charge is 2.31. The van der Waals surface area contributed by atoms with Gasteiger partial charge >= 0.3 is 18.1 Å². The van der Waals surface area contributed by atoms with Crippen LogP contribution in [0.15, 0.2) is 42.5 Å². The zero-order valence-electron chi connectivity index (χ0n) is 11.9. The van der Waals surface area contributed by atoms with Gasteiger partial charge in [0.25, 0.3) is 0 Å².